The van der Waals surface area contributed by atoms with E-state index in [0.717, 1.165) is 0 Å². The van der Waals surface area contributed by atoms with Crippen LogP contribution in [0.5, 0.6) is 0 Å². The molecule has 0 radical (unpaired) electrons. The maximum Gasteiger partial charge on any atom is 0.332 e. The lowest BCUT2D eigenvalue weighted by Crippen LogP contribution is -2.52. The van der Waals surface area contributed by atoms with Gasteiger partial charge in [-0.2, -0.15) is 0 Å². The van der Waals surface area contributed by atoms with E-state index in [1.54, 1.807) is 0 Å². The van der Waals surface area contributed by atoms with Crippen LogP contribution in [0.1, 0.15) is 26.2 Å². The van der Waals surface area contributed by atoms with Crippen molar-refractivity contribution in [2.75, 3.05) is 6.61 Å². The van der Waals surface area contributed by atoms with E-state index in [1.165, 1.54) is 6.92 Å². The highest BCUT2D eigenvalue weighted by Crippen LogP contribution is 2.02. The number of carbonyl (C=O) groups is 4. The van der Waals surface area contributed by atoms with Gasteiger partial charge in [0.15, 0.2) is 6.04 Å². The number of ether oxygens (including phenoxy) is 1. The molecular weight excluding hydrogens is 272 g/mol. The smallest absolute Gasteiger partial charge is 0.332 e. The van der Waals surface area contributed by atoms with Gasteiger partial charge in [0.2, 0.25) is 5.91 Å². The Kier molecular flexibility index (Phi) is 7.90. The van der Waals surface area contributed by atoms with Gasteiger partial charge in [-0.1, -0.05) is 0 Å². The van der Waals surface area contributed by atoms with Crippen molar-refractivity contribution in [3.05, 3.63) is 0 Å². The fraction of sp³-hybridized carbons (Fsp3) is 0.636. The number of aliphatic carboxylic acids is 2. The average molecular weight is 290 g/mol. The van der Waals surface area contributed by atoms with Gasteiger partial charge in [-0.05, 0) is 19.8 Å². The number of carboxylic acid groups (broad SMARTS) is 2. The van der Waals surface area contributed by atoms with Crippen LogP contribution < -0.4 is 11.1 Å². The summed E-state index contributed by atoms with van der Waals surface area (Å²) < 4.78 is 4.53. The highest BCUT2D eigenvalue weighted by molar-refractivity contribution is 6.02. The number of rotatable bonds is 9. The number of nitrogens with two attached hydrogens (primary N) is 1. The summed E-state index contributed by atoms with van der Waals surface area (Å²) in [6, 6.07) is -2.92. The van der Waals surface area contributed by atoms with Crippen LogP contribution >= 0.6 is 0 Å². The fourth-order valence-corrected chi connectivity index (χ4v) is 1.32. The first kappa shape index (κ1) is 17.8. The summed E-state index contributed by atoms with van der Waals surface area (Å²) in [6.07, 6.45) is -0.228. The van der Waals surface area contributed by atoms with E-state index in [9.17, 15) is 19.2 Å². The molecule has 0 aromatic heterocycles. The molecule has 9 nitrogen and oxygen atoms in total. The minimum absolute atomic E-state index is 0.0424. The number of hydrogen-bond donors (Lipinski definition) is 4. The van der Waals surface area contributed by atoms with E-state index in [1.807, 2.05) is 0 Å². The first-order chi connectivity index (χ1) is 9.29. The SMILES string of the molecule is CCOC(=O)C(N)C(=O)N[C@H](CCCC(=O)O)C(=O)O. The van der Waals surface area contributed by atoms with Crippen LogP contribution in [0.4, 0.5) is 0 Å². The minimum atomic E-state index is -1.61. The van der Waals surface area contributed by atoms with Gasteiger partial charge in [0, 0.05) is 6.42 Å². The Balaban J connectivity index is 4.43. The van der Waals surface area contributed by atoms with Crippen molar-refractivity contribution >= 4 is 23.8 Å². The van der Waals surface area contributed by atoms with Gasteiger partial charge in [0.25, 0.3) is 0 Å². The van der Waals surface area contributed by atoms with E-state index in [-0.39, 0.29) is 25.9 Å². The summed E-state index contributed by atoms with van der Waals surface area (Å²) in [4.78, 5) is 44.0. The van der Waals surface area contributed by atoms with Crippen LogP contribution in [0.15, 0.2) is 0 Å². The molecule has 9 heteroatoms. The summed E-state index contributed by atoms with van der Waals surface area (Å²) >= 11 is 0. The average Bonchev–Trinajstić information content (AvgIpc) is 2.36. The molecule has 0 aliphatic heterocycles. The molecule has 0 rings (SSSR count). The standard InChI is InChI=1S/C11H18N2O7/c1-2-20-11(19)8(12)9(16)13-6(10(17)18)4-3-5-7(14)15/h6,8H,2-5,12H2,1H3,(H,13,16)(H,14,15)(H,17,18)/t6-,8?/m1/s1. The van der Waals surface area contributed by atoms with Gasteiger partial charge in [0.1, 0.15) is 6.04 Å². The first-order valence-electron chi connectivity index (χ1n) is 5.96. The predicted molar refractivity (Wildman–Crippen MR) is 65.7 cm³/mol. The molecule has 0 saturated heterocycles. The van der Waals surface area contributed by atoms with E-state index < -0.39 is 35.9 Å². The van der Waals surface area contributed by atoms with Crippen molar-refractivity contribution < 1.29 is 34.1 Å². The molecule has 114 valence electrons. The molecule has 1 amide bonds. The highest BCUT2D eigenvalue weighted by Gasteiger charge is 2.28. The molecule has 20 heavy (non-hydrogen) atoms. The summed E-state index contributed by atoms with van der Waals surface area (Å²) in [6.45, 7) is 1.58. The van der Waals surface area contributed by atoms with Crippen molar-refractivity contribution in [2.24, 2.45) is 5.73 Å². The molecule has 0 aromatic rings. The molecule has 5 N–H and O–H groups in total. The van der Waals surface area contributed by atoms with Crippen molar-refractivity contribution in [3.63, 3.8) is 0 Å². The van der Waals surface area contributed by atoms with E-state index in [4.69, 9.17) is 15.9 Å². The summed E-state index contributed by atoms with van der Waals surface area (Å²) in [5, 5.41) is 19.4. The first-order valence-corrected chi connectivity index (χ1v) is 5.96. The maximum atomic E-state index is 11.6. The maximum absolute atomic E-state index is 11.6. The quantitative estimate of drug-likeness (QED) is 0.301. The molecular formula is C11H18N2O7. The second kappa shape index (κ2) is 8.86. The van der Waals surface area contributed by atoms with Crippen LogP contribution in [0.3, 0.4) is 0 Å². The lowest BCUT2D eigenvalue weighted by molar-refractivity contribution is -0.150. The Bertz CT molecular complexity index is 383. The van der Waals surface area contributed by atoms with Gasteiger partial charge in [0.05, 0.1) is 6.61 Å². The van der Waals surface area contributed by atoms with Crippen LogP contribution in [0.2, 0.25) is 0 Å². The van der Waals surface area contributed by atoms with Gasteiger partial charge >= 0.3 is 17.9 Å². The third-order valence-electron chi connectivity index (χ3n) is 2.32. The zero-order chi connectivity index (χ0) is 15.7. The monoisotopic (exact) mass is 290 g/mol. The van der Waals surface area contributed by atoms with Crippen LogP contribution in [-0.2, 0) is 23.9 Å². The molecule has 0 fully saturated rings. The highest BCUT2D eigenvalue weighted by atomic mass is 16.5. The summed E-state index contributed by atoms with van der Waals surface area (Å²) in [7, 11) is 0. The molecule has 0 heterocycles. The van der Waals surface area contributed by atoms with E-state index in [2.05, 4.69) is 10.1 Å². The molecule has 0 spiro atoms. The van der Waals surface area contributed by atoms with Gasteiger partial charge in [-0.15, -0.1) is 0 Å². The van der Waals surface area contributed by atoms with E-state index >= 15 is 0 Å². The van der Waals surface area contributed by atoms with Crippen molar-refractivity contribution in [3.8, 4) is 0 Å². The third kappa shape index (κ3) is 6.69. The second-order valence-corrected chi connectivity index (χ2v) is 3.92. The Morgan fingerprint density at radius 1 is 1.25 bits per heavy atom. The normalized spacial score (nSPS) is 13.1. The molecule has 0 bridgehead atoms. The summed E-state index contributed by atoms with van der Waals surface area (Å²) in [5.74, 6) is -4.34. The predicted octanol–water partition coefficient (Wildman–Crippen LogP) is -1.30. The number of hydrogen-bond acceptors (Lipinski definition) is 6. The fourth-order valence-electron chi connectivity index (χ4n) is 1.32. The van der Waals surface area contributed by atoms with Crippen LogP contribution in [0.25, 0.3) is 0 Å². The van der Waals surface area contributed by atoms with Gasteiger partial charge in [-0.25, -0.2) is 9.59 Å². The van der Waals surface area contributed by atoms with E-state index in [0.29, 0.717) is 0 Å². The van der Waals surface area contributed by atoms with Gasteiger partial charge < -0.3 is 26.0 Å². The number of nitrogens with one attached hydrogen (secondary N) is 1. The molecule has 2 atom stereocenters. The molecule has 0 saturated carbocycles. The second-order valence-electron chi connectivity index (χ2n) is 3.92. The Morgan fingerprint density at radius 3 is 2.30 bits per heavy atom. The van der Waals surface area contributed by atoms with Crippen LogP contribution in [0, 0.1) is 0 Å². The largest absolute Gasteiger partial charge is 0.481 e. The Morgan fingerprint density at radius 2 is 1.85 bits per heavy atom. The molecule has 0 aliphatic rings. The lowest BCUT2D eigenvalue weighted by atomic mass is 10.1. The molecule has 1 unspecified atom stereocenters. The number of carboxylic acids is 2. The minimum Gasteiger partial charge on any atom is -0.481 e. The third-order valence-corrected chi connectivity index (χ3v) is 2.32. The Labute approximate surface area is 115 Å². The topological polar surface area (TPSA) is 156 Å². The van der Waals surface area contributed by atoms with Crippen molar-refractivity contribution in [1.29, 1.82) is 0 Å². The lowest BCUT2D eigenvalue weighted by Gasteiger charge is -2.16. The molecule has 0 aromatic carbocycles. The number of carbonyl (C=O) groups excluding carboxylic acids is 2. The number of amides is 1. The van der Waals surface area contributed by atoms with Crippen LogP contribution in [-0.4, -0.2) is 52.7 Å². The number of esters is 1. The van der Waals surface area contributed by atoms with Crippen molar-refractivity contribution in [2.45, 2.75) is 38.3 Å². The van der Waals surface area contributed by atoms with Gasteiger partial charge in [-0.3, -0.25) is 9.59 Å². The molecule has 0 aliphatic carbocycles. The zero-order valence-electron chi connectivity index (χ0n) is 11.0. The summed E-state index contributed by atoms with van der Waals surface area (Å²) in [5.41, 5.74) is 5.30. The zero-order valence-corrected chi connectivity index (χ0v) is 11.0. The van der Waals surface area contributed by atoms with Crippen molar-refractivity contribution in [1.82, 2.24) is 5.32 Å². The Hall–Kier alpha value is -2.16.